The van der Waals surface area contributed by atoms with Crippen molar-refractivity contribution in [2.75, 3.05) is 0 Å². The SMILES string of the molecule is Cc1ccc(/C(C#N)=C/c2cc(Cl)ccc2OCc2ccc(Cl)cc2)cc1. The zero-order valence-electron chi connectivity index (χ0n) is 14.7. The van der Waals surface area contributed by atoms with Gasteiger partial charge < -0.3 is 4.74 Å². The molecule has 3 rings (SSSR count). The van der Waals surface area contributed by atoms with Crippen molar-refractivity contribution in [1.29, 1.82) is 5.26 Å². The van der Waals surface area contributed by atoms with E-state index in [0.717, 1.165) is 22.3 Å². The van der Waals surface area contributed by atoms with E-state index in [0.29, 0.717) is 28.0 Å². The molecule has 2 nitrogen and oxygen atoms in total. The number of hydrogen-bond donors (Lipinski definition) is 0. The zero-order valence-corrected chi connectivity index (χ0v) is 16.3. The minimum atomic E-state index is 0.395. The van der Waals surface area contributed by atoms with Gasteiger partial charge in [-0.15, -0.1) is 0 Å². The Morgan fingerprint density at radius 1 is 0.963 bits per heavy atom. The third-order valence-corrected chi connectivity index (χ3v) is 4.55. The summed E-state index contributed by atoms with van der Waals surface area (Å²) in [6.07, 6.45) is 1.80. The topological polar surface area (TPSA) is 33.0 Å². The van der Waals surface area contributed by atoms with Crippen LogP contribution in [0.5, 0.6) is 5.75 Å². The van der Waals surface area contributed by atoms with E-state index in [1.165, 1.54) is 0 Å². The van der Waals surface area contributed by atoms with Crippen molar-refractivity contribution in [3.63, 3.8) is 0 Å². The molecule has 0 bridgehead atoms. The van der Waals surface area contributed by atoms with Crippen LogP contribution in [0.2, 0.25) is 10.0 Å². The van der Waals surface area contributed by atoms with Gasteiger partial charge in [-0.1, -0.05) is 65.2 Å². The summed E-state index contributed by atoms with van der Waals surface area (Å²) in [6, 6.07) is 23.0. The Kier molecular flexibility index (Phi) is 6.19. The first-order valence-corrected chi connectivity index (χ1v) is 9.16. The van der Waals surface area contributed by atoms with Gasteiger partial charge in [0.15, 0.2) is 0 Å². The summed E-state index contributed by atoms with van der Waals surface area (Å²) in [7, 11) is 0. The highest BCUT2D eigenvalue weighted by Crippen LogP contribution is 2.28. The van der Waals surface area contributed by atoms with E-state index in [4.69, 9.17) is 27.9 Å². The van der Waals surface area contributed by atoms with Gasteiger partial charge in [0.2, 0.25) is 0 Å². The fourth-order valence-corrected chi connectivity index (χ4v) is 2.88. The van der Waals surface area contributed by atoms with Crippen LogP contribution in [0, 0.1) is 18.3 Å². The van der Waals surface area contributed by atoms with Crippen molar-refractivity contribution in [3.8, 4) is 11.8 Å². The normalized spacial score (nSPS) is 11.1. The second-order valence-corrected chi connectivity index (χ2v) is 7.01. The van der Waals surface area contributed by atoms with Crippen LogP contribution in [0.15, 0.2) is 66.7 Å². The molecule has 0 N–H and O–H groups in total. The molecule has 0 aliphatic rings. The van der Waals surface area contributed by atoms with Crippen LogP contribution < -0.4 is 4.74 Å². The van der Waals surface area contributed by atoms with Crippen molar-refractivity contribution in [3.05, 3.63) is 99.0 Å². The summed E-state index contributed by atoms with van der Waals surface area (Å²) < 4.78 is 5.96. The number of nitriles is 1. The van der Waals surface area contributed by atoms with Crippen molar-refractivity contribution < 1.29 is 4.74 Å². The largest absolute Gasteiger partial charge is 0.488 e. The highest BCUT2D eigenvalue weighted by Gasteiger charge is 2.07. The number of ether oxygens (including phenoxy) is 1. The summed E-state index contributed by atoms with van der Waals surface area (Å²) in [5.41, 5.74) is 4.31. The molecule has 0 saturated carbocycles. The van der Waals surface area contributed by atoms with Gasteiger partial charge in [0, 0.05) is 15.6 Å². The minimum Gasteiger partial charge on any atom is -0.488 e. The molecular weight excluding hydrogens is 377 g/mol. The van der Waals surface area contributed by atoms with Crippen molar-refractivity contribution in [1.82, 2.24) is 0 Å². The quantitative estimate of drug-likeness (QED) is 0.347. The molecule has 0 aliphatic carbocycles. The van der Waals surface area contributed by atoms with Crippen LogP contribution in [0.1, 0.15) is 22.3 Å². The summed E-state index contributed by atoms with van der Waals surface area (Å²) in [6.45, 7) is 2.41. The lowest BCUT2D eigenvalue weighted by molar-refractivity contribution is 0.305. The van der Waals surface area contributed by atoms with E-state index in [9.17, 15) is 5.26 Å². The van der Waals surface area contributed by atoms with Gasteiger partial charge in [0.25, 0.3) is 0 Å². The predicted octanol–water partition coefficient (Wildman–Crippen LogP) is 6.95. The Balaban J connectivity index is 1.89. The second kappa shape index (κ2) is 8.77. The predicted molar refractivity (Wildman–Crippen MR) is 112 cm³/mol. The molecule has 0 fully saturated rings. The number of hydrogen-bond acceptors (Lipinski definition) is 2. The molecule has 0 aromatic heterocycles. The lowest BCUT2D eigenvalue weighted by Gasteiger charge is -2.11. The highest BCUT2D eigenvalue weighted by molar-refractivity contribution is 6.31. The summed E-state index contributed by atoms with van der Waals surface area (Å²) in [5, 5.41) is 10.9. The molecule has 3 aromatic carbocycles. The van der Waals surface area contributed by atoms with E-state index in [-0.39, 0.29) is 0 Å². The maximum atomic E-state index is 9.60. The summed E-state index contributed by atoms with van der Waals surface area (Å²) in [4.78, 5) is 0. The standard InChI is InChI=1S/C23H17Cl2NO/c1-16-2-6-18(7-3-16)20(14-26)12-19-13-22(25)10-11-23(19)27-15-17-4-8-21(24)9-5-17/h2-13H,15H2,1H3/b20-12+. The van der Waals surface area contributed by atoms with E-state index in [1.54, 1.807) is 18.2 Å². The number of benzene rings is 3. The van der Waals surface area contributed by atoms with E-state index < -0.39 is 0 Å². The Bertz CT molecular complexity index is 1000. The smallest absolute Gasteiger partial charge is 0.127 e. The third-order valence-electron chi connectivity index (χ3n) is 4.06. The van der Waals surface area contributed by atoms with Crippen LogP contribution in [0.4, 0.5) is 0 Å². The van der Waals surface area contributed by atoms with Gasteiger partial charge >= 0.3 is 0 Å². The van der Waals surface area contributed by atoms with E-state index in [2.05, 4.69) is 6.07 Å². The Hall–Kier alpha value is -2.73. The molecule has 0 unspecified atom stereocenters. The molecule has 0 saturated heterocycles. The maximum absolute atomic E-state index is 9.60. The molecule has 0 atom stereocenters. The van der Waals surface area contributed by atoms with Gasteiger partial charge in [-0.2, -0.15) is 5.26 Å². The average Bonchev–Trinajstić information content (AvgIpc) is 2.67. The molecule has 0 heterocycles. The Morgan fingerprint density at radius 3 is 2.30 bits per heavy atom. The maximum Gasteiger partial charge on any atom is 0.127 e. The molecule has 0 aliphatic heterocycles. The van der Waals surface area contributed by atoms with Crippen LogP contribution in [0.25, 0.3) is 11.6 Å². The number of rotatable bonds is 5. The van der Waals surface area contributed by atoms with E-state index >= 15 is 0 Å². The highest BCUT2D eigenvalue weighted by atomic mass is 35.5. The second-order valence-electron chi connectivity index (χ2n) is 6.13. The van der Waals surface area contributed by atoms with Gasteiger partial charge in [-0.3, -0.25) is 0 Å². The number of halogens is 2. The van der Waals surface area contributed by atoms with E-state index in [1.807, 2.05) is 61.5 Å². The monoisotopic (exact) mass is 393 g/mol. The van der Waals surface area contributed by atoms with Crippen LogP contribution in [-0.4, -0.2) is 0 Å². The lowest BCUT2D eigenvalue weighted by atomic mass is 10.0. The molecule has 4 heteroatoms. The molecule has 0 amide bonds. The van der Waals surface area contributed by atoms with Crippen molar-refractivity contribution in [2.45, 2.75) is 13.5 Å². The van der Waals surface area contributed by atoms with Crippen LogP contribution in [0.3, 0.4) is 0 Å². The molecule has 27 heavy (non-hydrogen) atoms. The third kappa shape index (κ3) is 5.14. The molecular formula is C23H17Cl2NO. The van der Waals surface area contributed by atoms with Crippen LogP contribution >= 0.6 is 23.2 Å². The van der Waals surface area contributed by atoms with Gasteiger partial charge in [0.05, 0.1) is 11.6 Å². The molecule has 0 spiro atoms. The van der Waals surface area contributed by atoms with Crippen LogP contribution in [-0.2, 0) is 6.61 Å². The number of nitrogens with zero attached hydrogens (tertiary/aromatic N) is 1. The van der Waals surface area contributed by atoms with Crippen molar-refractivity contribution >= 4 is 34.9 Å². The summed E-state index contributed by atoms with van der Waals surface area (Å²) in [5.74, 6) is 0.661. The minimum absolute atomic E-state index is 0.395. The number of aryl methyl sites for hydroxylation is 1. The molecule has 0 radical (unpaired) electrons. The first-order chi connectivity index (χ1) is 13.0. The van der Waals surface area contributed by atoms with Gasteiger partial charge in [0.1, 0.15) is 12.4 Å². The van der Waals surface area contributed by atoms with Crippen molar-refractivity contribution in [2.24, 2.45) is 0 Å². The fourth-order valence-electron chi connectivity index (χ4n) is 2.57. The first kappa shape index (κ1) is 19.0. The average molecular weight is 394 g/mol. The van der Waals surface area contributed by atoms with Gasteiger partial charge in [-0.25, -0.2) is 0 Å². The fraction of sp³-hybridized carbons (Fsp3) is 0.0870. The van der Waals surface area contributed by atoms with Gasteiger partial charge in [-0.05, 0) is 54.5 Å². The molecule has 3 aromatic rings. The molecule has 134 valence electrons. The Morgan fingerprint density at radius 2 is 1.63 bits per heavy atom. The lowest BCUT2D eigenvalue weighted by Crippen LogP contribution is -1.97. The zero-order chi connectivity index (χ0) is 19.2. The number of allylic oxidation sites excluding steroid dienone is 1. The Labute approximate surface area is 169 Å². The first-order valence-electron chi connectivity index (χ1n) is 8.41. The summed E-state index contributed by atoms with van der Waals surface area (Å²) >= 11 is 12.1.